The van der Waals surface area contributed by atoms with Crippen molar-refractivity contribution >= 4 is 28.9 Å². The Morgan fingerprint density at radius 2 is 2.11 bits per heavy atom. The molecule has 0 amide bonds. The first-order chi connectivity index (χ1) is 8.86. The van der Waals surface area contributed by atoms with Gasteiger partial charge in [-0.15, -0.1) is 0 Å². The molecule has 1 atom stereocenters. The minimum atomic E-state index is -0.679. The molecule has 1 rings (SSSR count). The molecule has 0 radical (unpaired) electrons. The molecule has 104 valence electrons. The first kappa shape index (κ1) is 15.2. The van der Waals surface area contributed by atoms with Crippen LogP contribution in [0, 0.1) is 16.0 Å². The number of nitrogens with one attached hydrogen (secondary N) is 1. The van der Waals surface area contributed by atoms with Gasteiger partial charge in [0.2, 0.25) is 0 Å². The lowest BCUT2D eigenvalue weighted by molar-refractivity contribution is -0.384. The molecule has 1 unspecified atom stereocenters. The van der Waals surface area contributed by atoms with Crippen LogP contribution in [0.3, 0.4) is 0 Å². The Kier molecular flexibility index (Phi) is 5.11. The highest BCUT2D eigenvalue weighted by molar-refractivity contribution is 6.31. The number of nitrogens with zero attached hydrogens (tertiary/aromatic N) is 1. The fourth-order valence-corrected chi connectivity index (χ4v) is 1.75. The van der Waals surface area contributed by atoms with E-state index in [0.29, 0.717) is 5.02 Å². The number of ether oxygens (including phenoxy) is 1. The molecular weight excluding hydrogens is 272 g/mol. The molecule has 6 nitrogen and oxygen atoms in total. The van der Waals surface area contributed by atoms with Gasteiger partial charge in [-0.05, 0) is 18.1 Å². The molecule has 1 N–H and O–H groups in total. The van der Waals surface area contributed by atoms with Gasteiger partial charge in [-0.1, -0.05) is 25.4 Å². The summed E-state index contributed by atoms with van der Waals surface area (Å²) in [5.41, 5.74) is 0.0561. The highest BCUT2D eigenvalue weighted by Gasteiger charge is 2.26. The van der Waals surface area contributed by atoms with Crippen LogP contribution in [0.25, 0.3) is 0 Å². The number of carbonyl (C=O) groups excluding carboxylic acids is 1. The third kappa shape index (κ3) is 3.82. The molecule has 0 saturated heterocycles. The summed E-state index contributed by atoms with van der Waals surface area (Å²) >= 11 is 5.82. The average Bonchev–Trinajstić information content (AvgIpc) is 2.34. The van der Waals surface area contributed by atoms with Crippen molar-refractivity contribution in [3.05, 3.63) is 33.3 Å². The second kappa shape index (κ2) is 6.38. The zero-order valence-corrected chi connectivity index (χ0v) is 11.6. The maximum absolute atomic E-state index is 11.6. The molecule has 19 heavy (non-hydrogen) atoms. The van der Waals surface area contributed by atoms with Crippen LogP contribution >= 0.6 is 11.6 Å². The van der Waals surface area contributed by atoms with Gasteiger partial charge >= 0.3 is 5.97 Å². The van der Waals surface area contributed by atoms with Gasteiger partial charge in [0.15, 0.2) is 0 Å². The molecule has 0 heterocycles. The van der Waals surface area contributed by atoms with E-state index in [1.807, 2.05) is 13.8 Å². The van der Waals surface area contributed by atoms with Crippen LogP contribution in [-0.2, 0) is 9.53 Å². The number of hydrogen-bond acceptors (Lipinski definition) is 5. The zero-order valence-electron chi connectivity index (χ0n) is 10.8. The van der Waals surface area contributed by atoms with Crippen LogP contribution in [0.1, 0.15) is 13.8 Å². The monoisotopic (exact) mass is 286 g/mol. The van der Waals surface area contributed by atoms with Gasteiger partial charge in [0.25, 0.3) is 5.69 Å². The number of nitro groups is 1. The summed E-state index contributed by atoms with van der Waals surface area (Å²) in [5, 5.41) is 14.1. The summed E-state index contributed by atoms with van der Waals surface area (Å²) in [6, 6.07) is 3.45. The molecule has 1 aromatic rings. The smallest absolute Gasteiger partial charge is 0.328 e. The van der Waals surface area contributed by atoms with Gasteiger partial charge in [-0.2, -0.15) is 0 Å². The Morgan fingerprint density at radius 1 is 1.47 bits per heavy atom. The van der Waals surface area contributed by atoms with Crippen molar-refractivity contribution in [2.75, 3.05) is 12.4 Å². The summed E-state index contributed by atoms with van der Waals surface area (Å²) in [7, 11) is 1.27. The minimum Gasteiger partial charge on any atom is -0.467 e. The number of rotatable bonds is 5. The molecule has 0 bridgehead atoms. The van der Waals surface area contributed by atoms with E-state index in [1.165, 1.54) is 25.3 Å². The number of nitro benzene ring substituents is 1. The lowest BCUT2D eigenvalue weighted by atomic mass is 10.0. The highest BCUT2D eigenvalue weighted by atomic mass is 35.5. The molecule has 0 aromatic heterocycles. The number of methoxy groups -OCH3 is 1. The van der Waals surface area contributed by atoms with Crippen molar-refractivity contribution in [2.24, 2.45) is 5.92 Å². The van der Waals surface area contributed by atoms with Crippen molar-refractivity contribution in [3.63, 3.8) is 0 Å². The van der Waals surface area contributed by atoms with Crippen molar-refractivity contribution in [1.82, 2.24) is 0 Å². The normalized spacial score (nSPS) is 12.1. The molecule has 1 aromatic carbocycles. The predicted molar refractivity (Wildman–Crippen MR) is 72.4 cm³/mol. The molecule has 0 aliphatic carbocycles. The van der Waals surface area contributed by atoms with E-state index in [4.69, 9.17) is 11.6 Å². The van der Waals surface area contributed by atoms with E-state index in [-0.39, 0.29) is 17.3 Å². The molecular formula is C12H15ClN2O4. The molecule has 0 aliphatic heterocycles. The Labute approximate surface area is 115 Å². The van der Waals surface area contributed by atoms with Crippen LogP contribution in [0.15, 0.2) is 18.2 Å². The van der Waals surface area contributed by atoms with Crippen LogP contribution in [0.5, 0.6) is 0 Å². The summed E-state index contributed by atoms with van der Waals surface area (Å²) in [6.07, 6.45) is 0. The van der Waals surface area contributed by atoms with Crippen molar-refractivity contribution in [1.29, 1.82) is 0 Å². The summed E-state index contributed by atoms with van der Waals surface area (Å²) in [5.74, 6) is -0.574. The largest absolute Gasteiger partial charge is 0.467 e. The second-order valence-electron chi connectivity index (χ2n) is 4.31. The standard InChI is InChI=1S/C12H15ClN2O4/c1-7(2)11(12(16)19-3)14-9-6-8(13)4-5-10(9)15(17)18/h4-7,11,14H,1-3H3. The van der Waals surface area contributed by atoms with E-state index in [0.717, 1.165) is 0 Å². The fraction of sp³-hybridized carbons (Fsp3) is 0.417. The quantitative estimate of drug-likeness (QED) is 0.511. The van der Waals surface area contributed by atoms with Gasteiger partial charge in [0.05, 0.1) is 12.0 Å². The van der Waals surface area contributed by atoms with Gasteiger partial charge in [0.1, 0.15) is 11.7 Å². The molecule has 0 aliphatic rings. The van der Waals surface area contributed by atoms with Crippen molar-refractivity contribution in [3.8, 4) is 0 Å². The number of halogens is 1. The average molecular weight is 287 g/mol. The fourth-order valence-electron chi connectivity index (χ4n) is 1.58. The Hall–Kier alpha value is -1.82. The maximum atomic E-state index is 11.6. The Bertz CT molecular complexity index is 491. The topological polar surface area (TPSA) is 81.5 Å². The van der Waals surface area contributed by atoms with Crippen LogP contribution < -0.4 is 5.32 Å². The van der Waals surface area contributed by atoms with E-state index in [9.17, 15) is 14.9 Å². The van der Waals surface area contributed by atoms with Crippen LogP contribution in [0.2, 0.25) is 5.02 Å². The summed E-state index contributed by atoms with van der Waals surface area (Å²) < 4.78 is 4.67. The van der Waals surface area contributed by atoms with Crippen LogP contribution in [0.4, 0.5) is 11.4 Å². The van der Waals surface area contributed by atoms with E-state index in [2.05, 4.69) is 10.1 Å². The predicted octanol–water partition coefficient (Wildman–Crippen LogP) is 2.86. The number of esters is 1. The maximum Gasteiger partial charge on any atom is 0.328 e. The number of carbonyl (C=O) groups is 1. The SMILES string of the molecule is COC(=O)C(Nc1cc(Cl)ccc1[N+](=O)[O-])C(C)C. The van der Waals surface area contributed by atoms with Gasteiger partial charge in [-0.25, -0.2) is 4.79 Å². The zero-order chi connectivity index (χ0) is 14.6. The molecule has 0 fully saturated rings. The summed E-state index contributed by atoms with van der Waals surface area (Å²) in [6.45, 7) is 3.62. The van der Waals surface area contributed by atoms with Crippen LogP contribution in [-0.4, -0.2) is 24.0 Å². The molecule has 0 saturated carbocycles. The lowest BCUT2D eigenvalue weighted by Crippen LogP contribution is -2.35. The van der Waals surface area contributed by atoms with Gasteiger partial charge in [0, 0.05) is 11.1 Å². The number of hydrogen-bond donors (Lipinski definition) is 1. The van der Waals surface area contributed by atoms with Crippen molar-refractivity contribution < 1.29 is 14.5 Å². The third-order valence-electron chi connectivity index (χ3n) is 2.59. The number of benzene rings is 1. The van der Waals surface area contributed by atoms with E-state index in [1.54, 1.807) is 0 Å². The molecule has 0 spiro atoms. The Balaban J connectivity index is 3.11. The van der Waals surface area contributed by atoms with E-state index < -0.39 is 16.9 Å². The molecule has 7 heteroatoms. The third-order valence-corrected chi connectivity index (χ3v) is 2.82. The second-order valence-corrected chi connectivity index (χ2v) is 4.74. The van der Waals surface area contributed by atoms with E-state index >= 15 is 0 Å². The summed E-state index contributed by atoms with van der Waals surface area (Å²) in [4.78, 5) is 22.0. The van der Waals surface area contributed by atoms with Crippen molar-refractivity contribution in [2.45, 2.75) is 19.9 Å². The highest BCUT2D eigenvalue weighted by Crippen LogP contribution is 2.29. The minimum absolute atomic E-state index is 0.0916. The van der Waals surface area contributed by atoms with Gasteiger partial charge in [-0.3, -0.25) is 10.1 Å². The van der Waals surface area contributed by atoms with Gasteiger partial charge < -0.3 is 10.1 Å². The lowest BCUT2D eigenvalue weighted by Gasteiger charge is -2.20. The number of anilines is 1. The Morgan fingerprint density at radius 3 is 2.58 bits per heavy atom. The first-order valence-corrected chi connectivity index (χ1v) is 6.03. The first-order valence-electron chi connectivity index (χ1n) is 5.65.